The molecule has 3 rings (SSSR count). The molecule has 0 bridgehead atoms. The van der Waals surface area contributed by atoms with Gasteiger partial charge in [-0.15, -0.1) is 0 Å². The van der Waals surface area contributed by atoms with Crippen LogP contribution in [-0.2, 0) is 21.7 Å². The van der Waals surface area contributed by atoms with E-state index in [2.05, 4.69) is 6.07 Å². The molecule has 2 aliphatic carbocycles. The molecule has 0 atom stereocenters. The van der Waals surface area contributed by atoms with Crippen molar-refractivity contribution in [3.63, 3.8) is 0 Å². The Morgan fingerprint density at radius 3 is 0.824 bits per heavy atom. The van der Waals surface area contributed by atoms with Crippen LogP contribution in [0.15, 0.2) is 30.3 Å². The van der Waals surface area contributed by atoms with Crippen LogP contribution in [0.25, 0.3) is 0 Å². The van der Waals surface area contributed by atoms with Gasteiger partial charge in [0.15, 0.2) is 0 Å². The maximum absolute atomic E-state index is 2.89. The van der Waals surface area contributed by atoms with Crippen molar-refractivity contribution < 1.29 is 21.7 Å². The Hall–Kier alpha value is -0.0657. The summed E-state index contributed by atoms with van der Waals surface area (Å²) in [4.78, 5) is 0. The number of hydrogen-bond acceptors (Lipinski definition) is 0. The van der Waals surface area contributed by atoms with Crippen LogP contribution in [0.5, 0.6) is 0 Å². The Bertz CT molecular complexity index is 160. The van der Waals surface area contributed by atoms with Gasteiger partial charge >= 0.3 is 21.7 Å². The summed E-state index contributed by atoms with van der Waals surface area (Å²) in [5.41, 5.74) is 0. The first-order chi connectivity index (χ1) is 8.00. The van der Waals surface area contributed by atoms with Gasteiger partial charge in [-0.25, -0.2) is 0 Å². The second-order valence-corrected chi connectivity index (χ2v) is 3.00. The summed E-state index contributed by atoms with van der Waals surface area (Å²) < 4.78 is 0. The van der Waals surface area contributed by atoms with Crippen molar-refractivity contribution in [3.8, 4) is 0 Å². The van der Waals surface area contributed by atoms with Crippen molar-refractivity contribution in [2.24, 2.45) is 0 Å². The Balaban J connectivity index is 0.000000221. The molecule has 11 radical (unpaired) electrons. The molecule has 0 aliphatic heterocycles. The SMILES string of the molecule is [CH]1[CH][CH][CH][CH]1.[CH]1[CH][CH][CH][CH]1.[Ti+3].[c-]1ccccc1. The van der Waals surface area contributed by atoms with Crippen LogP contribution in [0.1, 0.15) is 0 Å². The standard InChI is InChI=1S/C6H5.2C5H5.Ti/c1-2-4-6-5-3-1;2*1-2-4-5-3-1;/h1-5H;2*1-5H;/q-1;;;+3. The average Bonchev–Trinajstić information content (AvgIpc) is 3.10. The molecular formula is C16H15Ti+2. The minimum atomic E-state index is 0. The van der Waals surface area contributed by atoms with E-state index >= 15 is 0 Å². The molecule has 0 unspecified atom stereocenters. The fourth-order valence-electron chi connectivity index (χ4n) is 0.983. The van der Waals surface area contributed by atoms with Crippen LogP contribution in [0.4, 0.5) is 0 Å². The summed E-state index contributed by atoms with van der Waals surface area (Å²) in [6.07, 6.45) is 20.0. The van der Waals surface area contributed by atoms with Gasteiger partial charge in [-0.3, -0.25) is 0 Å². The number of benzene rings is 1. The van der Waals surface area contributed by atoms with Gasteiger partial charge in [-0.1, -0.05) is 0 Å². The molecule has 0 spiro atoms. The molecule has 0 saturated heterocycles. The molecular weight excluding hydrogens is 240 g/mol. The molecule has 2 fully saturated rings. The van der Waals surface area contributed by atoms with Gasteiger partial charge in [0.2, 0.25) is 0 Å². The monoisotopic (exact) mass is 255 g/mol. The molecule has 0 N–H and O–H groups in total. The van der Waals surface area contributed by atoms with Crippen LogP contribution in [-0.4, -0.2) is 0 Å². The largest absolute Gasteiger partial charge is 3.00 e. The third kappa shape index (κ3) is 12.2. The third-order valence-corrected chi connectivity index (χ3v) is 1.72. The molecule has 17 heavy (non-hydrogen) atoms. The minimum absolute atomic E-state index is 0. The molecule has 81 valence electrons. The molecule has 2 aliphatic rings. The predicted molar refractivity (Wildman–Crippen MR) is 68.3 cm³/mol. The average molecular weight is 255 g/mol. The Morgan fingerprint density at radius 2 is 0.706 bits per heavy atom. The van der Waals surface area contributed by atoms with Crippen LogP contribution in [0, 0.1) is 70.3 Å². The van der Waals surface area contributed by atoms with Gasteiger partial charge in [0.1, 0.15) is 0 Å². The topological polar surface area (TPSA) is 0 Å². The molecule has 1 aromatic rings. The molecule has 1 aromatic carbocycles. The van der Waals surface area contributed by atoms with E-state index < -0.39 is 0 Å². The van der Waals surface area contributed by atoms with Crippen molar-refractivity contribution in [1.82, 2.24) is 0 Å². The van der Waals surface area contributed by atoms with E-state index in [9.17, 15) is 0 Å². The van der Waals surface area contributed by atoms with Crippen LogP contribution in [0.2, 0.25) is 0 Å². The van der Waals surface area contributed by atoms with Crippen LogP contribution >= 0.6 is 0 Å². The summed E-state index contributed by atoms with van der Waals surface area (Å²) in [6, 6.07) is 12.5. The zero-order chi connectivity index (χ0) is 11.3. The summed E-state index contributed by atoms with van der Waals surface area (Å²) in [5, 5.41) is 0. The van der Waals surface area contributed by atoms with Crippen molar-refractivity contribution in [3.05, 3.63) is 101 Å². The molecule has 1 heteroatoms. The quantitative estimate of drug-likeness (QED) is 0.491. The first-order valence-corrected chi connectivity index (χ1v) is 5.24. The minimum Gasteiger partial charge on any atom is -0.184 e. The maximum Gasteiger partial charge on any atom is 3.00 e. The van der Waals surface area contributed by atoms with Crippen LogP contribution in [0.3, 0.4) is 0 Å². The van der Waals surface area contributed by atoms with Gasteiger partial charge in [0.05, 0.1) is 0 Å². The molecule has 0 heterocycles. The number of rotatable bonds is 0. The zero-order valence-electron chi connectivity index (χ0n) is 9.66. The van der Waals surface area contributed by atoms with E-state index in [0.29, 0.717) is 0 Å². The van der Waals surface area contributed by atoms with Crippen molar-refractivity contribution in [1.29, 1.82) is 0 Å². The normalized spacial score (nSPS) is 16.9. The van der Waals surface area contributed by atoms with Gasteiger partial charge < -0.3 is 0 Å². The third-order valence-electron chi connectivity index (χ3n) is 1.72. The van der Waals surface area contributed by atoms with Gasteiger partial charge in [0.25, 0.3) is 0 Å². The second-order valence-electron chi connectivity index (χ2n) is 3.00. The van der Waals surface area contributed by atoms with E-state index in [1.165, 1.54) is 0 Å². The fourth-order valence-corrected chi connectivity index (χ4v) is 0.983. The first kappa shape index (κ1) is 16.9. The second kappa shape index (κ2) is 14.0. The molecule has 0 nitrogen and oxygen atoms in total. The zero-order valence-corrected chi connectivity index (χ0v) is 11.2. The van der Waals surface area contributed by atoms with Crippen molar-refractivity contribution >= 4 is 0 Å². The number of hydrogen-bond donors (Lipinski definition) is 0. The Kier molecular flexibility index (Phi) is 13.9. The van der Waals surface area contributed by atoms with Gasteiger partial charge in [-0.2, -0.15) is 36.4 Å². The molecule has 0 aromatic heterocycles. The Morgan fingerprint density at radius 1 is 0.412 bits per heavy atom. The van der Waals surface area contributed by atoms with Crippen molar-refractivity contribution in [2.45, 2.75) is 0 Å². The summed E-state index contributed by atoms with van der Waals surface area (Å²) in [6.45, 7) is 0. The molecule has 2 saturated carbocycles. The summed E-state index contributed by atoms with van der Waals surface area (Å²) in [7, 11) is 0. The van der Waals surface area contributed by atoms with E-state index in [4.69, 9.17) is 0 Å². The smallest absolute Gasteiger partial charge is 0.184 e. The predicted octanol–water partition coefficient (Wildman–Crippen LogP) is 3.53. The first-order valence-electron chi connectivity index (χ1n) is 5.24. The van der Waals surface area contributed by atoms with Crippen molar-refractivity contribution in [2.75, 3.05) is 0 Å². The fraction of sp³-hybridized carbons (Fsp3) is 0. The summed E-state index contributed by atoms with van der Waals surface area (Å²) in [5.74, 6) is 0. The summed E-state index contributed by atoms with van der Waals surface area (Å²) >= 11 is 0. The van der Waals surface area contributed by atoms with E-state index in [1.807, 2.05) is 94.5 Å². The van der Waals surface area contributed by atoms with E-state index in [1.54, 1.807) is 0 Å². The molecule has 0 amide bonds. The van der Waals surface area contributed by atoms with E-state index in [0.717, 1.165) is 0 Å². The maximum atomic E-state index is 2.89. The van der Waals surface area contributed by atoms with Gasteiger partial charge in [0, 0.05) is 0 Å². The Labute approximate surface area is 122 Å². The van der Waals surface area contributed by atoms with Crippen LogP contribution < -0.4 is 0 Å². The van der Waals surface area contributed by atoms with E-state index in [-0.39, 0.29) is 21.7 Å². The van der Waals surface area contributed by atoms with Gasteiger partial charge in [-0.05, 0) is 64.2 Å².